The molecule has 1 heterocycles. The molecule has 0 bridgehead atoms. The van der Waals surface area contributed by atoms with Crippen molar-refractivity contribution in [3.63, 3.8) is 0 Å². The SMILES string of the molecule is CC(C)CNC(=O)CN(C)c1ncc(CN)cn1. The monoisotopic (exact) mass is 251 g/mol. The molecule has 18 heavy (non-hydrogen) atoms. The first-order chi connectivity index (χ1) is 8.52. The van der Waals surface area contributed by atoms with E-state index in [0.717, 1.165) is 5.56 Å². The van der Waals surface area contributed by atoms with Crippen LogP contribution in [0.5, 0.6) is 0 Å². The molecule has 1 rings (SSSR count). The third-order valence-corrected chi connectivity index (χ3v) is 2.36. The van der Waals surface area contributed by atoms with Crippen LogP contribution in [0.4, 0.5) is 5.95 Å². The largest absolute Gasteiger partial charge is 0.354 e. The number of hydrogen-bond acceptors (Lipinski definition) is 5. The average molecular weight is 251 g/mol. The van der Waals surface area contributed by atoms with Crippen LogP contribution in [0.3, 0.4) is 0 Å². The van der Waals surface area contributed by atoms with Crippen LogP contribution in [0.15, 0.2) is 12.4 Å². The van der Waals surface area contributed by atoms with E-state index in [2.05, 4.69) is 29.1 Å². The lowest BCUT2D eigenvalue weighted by molar-refractivity contribution is -0.119. The van der Waals surface area contributed by atoms with Crippen molar-refractivity contribution in [2.24, 2.45) is 11.7 Å². The Morgan fingerprint density at radius 2 is 2.06 bits per heavy atom. The van der Waals surface area contributed by atoms with E-state index in [0.29, 0.717) is 25.0 Å². The molecule has 0 aromatic carbocycles. The number of amides is 1. The van der Waals surface area contributed by atoms with Crippen molar-refractivity contribution in [2.75, 3.05) is 25.0 Å². The number of carbonyl (C=O) groups excluding carboxylic acids is 1. The molecule has 0 spiro atoms. The molecule has 1 aromatic heterocycles. The van der Waals surface area contributed by atoms with Crippen LogP contribution >= 0.6 is 0 Å². The molecule has 0 aliphatic carbocycles. The van der Waals surface area contributed by atoms with Gasteiger partial charge in [-0.15, -0.1) is 0 Å². The Morgan fingerprint density at radius 3 is 2.56 bits per heavy atom. The summed E-state index contributed by atoms with van der Waals surface area (Å²) in [5, 5.41) is 2.85. The van der Waals surface area contributed by atoms with Crippen molar-refractivity contribution in [1.29, 1.82) is 0 Å². The standard InChI is InChI=1S/C12H21N5O/c1-9(2)5-14-11(18)8-17(3)12-15-6-10(4-13)7-16-12/h6-7,9H,4-5,8,13H2,1-3H3,(H,14,18). The van der Waals surface area contributed by atoms with Gasteiger partial charge in [0.15, 0.2) is 0 Å². The molecule has 0 aliphatic rings. The van der Waals surface area contributed by atoms with Gasteiger partial charge in [-0.2, -0.15) is 0 Å². The second kappa shape index (κ2) is 6.90. The highest BCUT2D eigenvalue weighted by Crippen LogP contribution is 2.04. The fourth-order valence-corrected chi connectivity index (χ4v) is 1.31. The van der Waals surface area contributed by atoms with E-state index in [1.807, 2.05) is 0 Å². The lowest BCUT2D eigenvalue weighted by Crippen LogP contribution is -2.37. The van der Waals surface area contributed by atoms with Crippen LogP contribution < -0.4 is 16.0 Å². The summed E-state index contributed by atoms with van der Waals surface area (Å²) < 4.78 is 0. The molecule has 0 fully saturated rings. The summed E-state index contributed by atoms with van der Waals surface area (Å²) in [7, 11) is 1.78. The predicted octanol–water partition coefficient (Wildman–Crippen LogP) is 0.144. The van der Waals surface area contributed by atoms with Crippen molar-refractivity contribution in [3.8, 4) is 0 Å². The minimum absolute atomic E-state index is 0.0299. The molecule has 0 atom stereocenters. The fraction of sp³-hybridized carbons (Fsp3) is 0.583. The number of nitrogens with zero attached hydrogens (tertiary/aromatic N) is 3. The minimum atomic E-state index is -0.0299. The van der Waals surface area contributed by atoms with Crippen LogP contribution in [0.1, 0.15) is 19.4 Å². The van der Waals surface area contributed by atoms with Crippen molar-refractivity contribution < 1.29 is 4.79 Å². The van der Waals surface area contributed by atoms with E-state index in [1.165, 1.54) is 0 Å². The first kappa shape index (κ1) is 14.4. The Hall–Kier alpha value is -1.69. The summed E-state index contributed by atoms with van der Waals surface area (Å²) in [6.07, 6.45) is 3.34. The molecule has 0 aliphatic heterocycles. The number of rotatable bonds is 6. The van der Waals surface area contributed by atoms with E-state index in [4.69, 9.17) is 5.73 Å². The van der Waals surface area contributed by atoms with E-state index >= 15 is 0 Å². The van der Waals surface area contributed by atoms with Crippen molar-refractivity contribution in [2.45, 2.75) is 20.4 Å². The molecule has 3 N–H and O–H groups in total. The molecule has 0 unspecified atom stereocenters. The van der Waals surface area contributed by atoms with Gasteiger partial charge in [0.2, 0.25) is 11.9 Å². The maximum Gasteiger partial charge on any atom is 0.239 e. The van der Waals surface area contributed by atoms with Crippen LogP contribution in [0.25, 0.3) is 0 Å². The normalized spacial score (nSPS) is 10.5. The van der Waals surface area contributed by atoms with Gasteiger partial charge < -0.3 is 16.0 Å². The highest BCUT2D eigenvalue weighted by molar-refractivity contribution is 5.80. The van der Waals surface area contributed by atoms with Crippen molar-refractivity contribution in [3.05, 3.63) is 18.0 Å². The zero-order valence-corrected chi connectivity index (χ0v) is 11.2. The summed E-state index contributed by atoms with van der Waals surface area (Å²) in [6.45, 7) is 5.45. The van der Waals surface area contributed by atoms with Gasteiger partial charge in [-0.05, 0) is 5.92 Å². The van der Waals surface area contributed by atoms with Gasteiger partial charge in [-0.25, -0.2) is 9.97 Å². The Kier molecular flexibility index (Phi) is 5.51. The summed E-state index contributed by atoms with van der Waals surface area (Å²) in [4.78, 5) is 21.6. The number of nitrogens with one attached hydrogen (secondary N) is 1. The van der Waals surface area contributed by atoms with Gasteiger partial charge in [-0.1, -0.05) is 13.8 Å². The first-order valence-electron chi connectivity index (χ1n) is 6.01. The van der Waals surface area contributed by atoms with Gasteiger partial charge in [0.05, 0.1) is 6.54 Å². The van der Waals surface area contributed by atoms with Crippen LogP contribution in [-0.2, 0) is 11.3 Å². The Balaban J connectivity index is 2.48. The lowest BCUT2D eigenvalue weighted by atomic mass is 10.2. The van der Waals surface area contributed by atoms with Crippen LogP contribution in [0, 0.1) is 5.92 Å². The Bertz CT molecular complexity index is 377. The van der Waals surface area contributed by atoms with E-state index in [1.54, 1.807) is 24.3 Å². The summed E-state index contributed by atoms with van der Waals surface area (Å²) >= 11 is 0. The molecular weight excluding hydrogens is 230 g/mol. The zero-order valence-electron chi connectivity index (χ0n) is 11.2. The quantitative estimate of drug-likeness (QED) is 0.751. The van der Waals surface area contributed by atoms with Gasteiger partial charge in [0, 0.05) is 38.1 Å². The molecule has 0 saturated heterocycles. The van der Waals surface area contributed by atoms with Gasteiger partial charge in [-0.3, -0.25) is 4.79 Å². The molecule has 0 radical (unpaired) electrons. The fourth-order valence-electron chi connectivity index (χ4n) is 1.31. The third kappa shape index (κ3) is 4.67. The minimum Gasteiger partial charge on any atom is -0.354 e. The van der Waals surface area contributed by atoms with Crippen molar-refractivity contribution in [1.82, 2.24) is 15.3 Å². The second-order valence-corrected chi connectivity index (χ2v) is 4.65. The molecule has 0 saturated carbocycles. The summed E-state index contributed by atoms with van der Waals surface area (Å²) in [6, 6.07) is 0. The van der Waals surface area contributed by atoms with E-state index in [-0.39, 0.29) is 12.5 Å². The lowest BCUT2D eigenvalue weighted by Gasteiger charge is -2.17. The molecule has 100 valence electrons. The zero-order chi connectivity index (χ0) is 13.5. The summed E-state index contributed by atoms with van der Waals surface area (Å²) in [5.41, 5.74) is 6.34. The molecule has 6 nitrogen and oxygen atoms in total. The number of likely N-dealkylation sites (N-methyl/N-ethyl adjacent to an activating group) is 1. The summed E-state index contributed by atoms with van der Waals surface area (Å²) in [5.74, 6) is 0.934. The molecule has 6 heteroatoms. The van der Waals surface area contributed by atoms with E-state index < -0.39 is 0 Å². The van der Waals surface area contributed by atoms with Gasteiger partial charge in [0.25, 0.3) is 0 Å². The Morgan fingerprint density at radius 1 is 1.44 bits per heavy atom. The molecule has 1 amide bonds. The predicted molar refractivity (Wildman–Crippen MR) is 71.0 cm³/mol. The average Bonchev–Trinajstić information content (AvgIpc) is 2.36. The second-order valence-electron chi connectivity index (χ2n) is 4.65. The topological polar surface area (TPSA) is 84.1 Å². The maximum atomic E-state index is 11.6. The third-order valence-electron chi connectivity index (χ3n) is 2.36. The number of nitrogens with two attached hydrogens (primary N) is 1. The molecular formula is C12H21N5O. The number of carbonyl (C=O) groups is 1. The number of hydrogen-bond donors (Lipinski definition) is 2. The van der Waals surface area contributed by atoms with Gasteiger partial charge >= 0.3 is 0 Å². The van der Waals surface area contributed by atoms with E-state index in [9.17, 15) is 4.79 Å². The smallest absolute Gasteiger partial charge is 0.239 e. The Labute approximate surface area is 108 Å². The molecule has 1 aromatic rings. The van der Waals surface area contributed by atoms with Gasteiger partial charge in [0.1, 0.15) is 0 Å². The highest BCUT2D eigenvalue weighted by atomic mass is 16.2. The highest BCUT2D eigenvalue weighted by Gasteiger charge is 2.09. The number of anilines is 1. The van der Waals surface area contributed by atoms with Crippen LogP contribution in [0.2, 0.25) is 0 Å². The van der Waals surface area contributed by atoms with Crippen molar-refractivity contribution >= 4 is 11.9 Å². The first-order valence-corrected chi connectivity index (χ1v) is 6.01. The number of aromatic nitrogens is 2. The van der Waals surface area contributed by atoms with Crippen LogP contribution in [-0.4, -0.2) is 36.0 Å². The maximum absolute atomic E-state index is 11.6.